The number of aromatic amines is 1. The van der Waals surface area contributed by atoms with E-state index in [9.17, 15) is 24.1 Å². The summed E-state index contributed by atoms with van der Waals surface area (Å²) >= 11 is 6.08. The third-order valence-electron chi connectivity index (χ3n) is 7.34. The van der Waals surface area contributed by atoms with Gasteiger partial charge in [-0.05, 0) is 56.7 Å². The summed E-state index contributed by atoms with van der Waals surface area (Å²) in [5.74, 6) is -0.623. The van der Waals surface area contributed by atoms with Gasteiger partial charge in [0.05, 0.1) is 6.10 Å². The van der Waals surface area contributed by atoms with Crippen molar-refractivity contribution in [3.8, 4) is 5.75 Å². The van der Waals surface area contributed by atoms with Gasteiger partial charge in [0.1, 0.15) is 24.0 Å². The fraction of sp³-hybridized carbons (Fsp3) is 0.560. The molecular formula is C25H30ClFN3O9P. The number of hydrogen-bond acceptors (Lipinski definition) is 9. The Bertz CT molecular complexity index is 1470. The SMILES string of the molecule is CC(C)OC(=O)[C@H](C)NP(=O)(Oc1ccc(C2(C)CC2)cc1)OC1[C@H]2O[C@@H](n3ccc(=O)[nH]c3=O)[C@@](F)(Cl)[C@@]12O. The predicted molar refractivity (Wildman–Crippen MR) is 140 cm³/mol. The summed E-state index contributed by atoms with van der Waals surface area (Å²) in [4.78, 5) is 38.0. The van der Waals surface area contributed by atoms with Gasteiger partial charge in [0.2, 0.25) is 0 Å². The molecule has 0 spiro atoms. The third kappa shape index (κ3) is 5.03. The van der Waals surface area contributed by atoms with Gasteiger partial charge in [-0.2, -0.15) is 5.09 Å². The first kappa shape index (κ1) is 29.0. The number of aliphatic hydroxyl groups is 1. The van der Waals surface area contributed by atoms with E-state index in [1.807, 2.05) is 17.1 Å². The summed E-state index contributed by atoms with van der Waals surface area (Å²) in [6.07, 6.45) is -2.31. The minimum atomic E-state index is -4.52. The molecule has 2 saturated carbocycles. The van der Waals surface area contributed by atoms with E-state index >= 15 is 4.39 Å². The first-order valence-electron chi connectivity index (χ1n) is 12.7. The summed E-state index contributed by atoms with van der Waals surface area (Å²) in [5, 5.41) is 10.5. The maximum atomic E-state index is 15.8. The number of carbonyl (C=O) groups excluding carboxylic acids is 1. The van der Waals surface area contributed by atoms with Crippen LogP contribution in [0.15, 0.2) is 46.1 Å². The van der Waals surface area contributed by atoms with Crippen molar-refractivity contribution in [2.75, 3.05) is 0 Å². The number of nitrogens with one attached hydrogen (secondary N) is 2. The predicted octanol–water partition coefficient (Wildman–Crippen LogP) is 2.64. The zero-order valence-corrected chi connectivity index (χ0v) is 23.8. The highest BCUT2D eigenvalue weighted by Crippen LogP contribution is 2.67. The van der Waals surface area contributed by atoms with Crippen molar-refractivity contribution >= 4 is 25.3 Å². The van der Waals surface area contributed by atoms with Gasteiger partial charge in [0.25, 0.3) is 10.7 Å². The van der Waals surface area contributed by atoms with Crippen LogP contribution in [0.4, 0.5) is 4.39 Å². The number of H-pyrrole nitrogens is 1. The molecule has 0 amide bonds. The molecule has 7 atom stereocenters. The Morgan fingerprint density at radius 3 is 2.42 bits per heavy atom. The van der Waals surface area contributed by atoms with Crippen molar-refractivity contribution < 1.29 is 37.4 Å². The second-order valence-corrected chi connectivity index (χ2v) is 13.1. The topological polar surface area (TPSA) is 158 Å². The Morgan fingerprint density at radius 2 is 1.90 bits per heavy atom. The zero-order valence-electron chi connectivity index (χ0n) is 22.1. The number of fused-ring (bicyclic) bond motifs is 1. The van der Waals surface area contributed by atoms with Crippen molar-refractivity contribution in [2.45, 2.75) is 87.3 Å². The summed E-state index contributed by atoms with van der Waals surface area (Å²) < 4.78 is 52.4. The average molecular weight is 602 g/mol. The average Bonchev–Trinajstić information content (AvgIpc) is 3.71. The summed E-state index contributed by atoms with van der Waals surface area (Å²) in [5.41, 5.74) is -3.14. The lowest BCUT2D eigenvalue weighted by molar-refractivity contribution is -0.149. The van der Waals surface area contributed by atoms with Crippen LogP contribution in [0.5, 0.6) is 5.75 Å². The van der Waals surface area contributed by atoms with Crippen LogP contribution in [0, 0.1) is 0 Å². The van der Waals surface area contributed by atoms with Gasteiger partial charge < -0.3 is 19.1 Å². The van der Waals surface area contributed by atoms with Crippen molar-refractivity contribution in [2.24, 2.45) is 0 Å². The van der Waals surface area contributed by atoms with E-state index in [2.05, 4.69) is 12.0 Å². The van der Waals surface area contributed by atoms with Crippen LogP contribution in [0.3, 0.4) is 0 Å². The molecule has 12 nitrogen and oxygen atoms in total. The Balaban J connectivity index is 1.38. The van der Waals surface area contributed by atoms with Gasteiger partial charge in [-0.25, -0.2) is 13.8 Å². The zero-order chi connectivity index (χ0) is 29.3. The monoisotopic (exact) mass is 601 g/mol. The number of nitrogens with zero attached hydrogens (tertiary/aromatic N) is 1. The number of alkyl halides is 2. The lowest BCUT2D eigenvalue weighted by atomic mass is 9.99. The minimum absolute atomic E-state index is 0.0766. The highest BCUT2D eigenvalue weighted by atomic mass is 35.5. The van der Waals surface area contributed by atoms with Crippen molar-refractivity contribution in [3.05, 3.63) is 62.9 Å². The summed E-state index contributed by atoms with van der Waals surface area (Å²) in [6.45, 7) is 6.78. The summed E-state index contributed by atoms with van der Waals surface area (Å²) in [6, 6.07) is 6.59. The normalized spacial score (nSPS) is 32.1. The van der Waals surface area contributed by atoms with Crippen LogP contribution in [-0.2, 0) is 28.8 Å². The van der Waals surface area contributed by atoms with Crippen molar-refractivity contribution in [1.82, 2.24) is 14.6 Å². The molecule has 0 bridgehead atoms. The minimum Gasteiger partial charge on any atom is -0.462 e. The first-order valence-corrected chi connectivity index (χ1v) is 14.7. The summed E-state index contributed by atoms with van der Waals surface area (Å²) in [7, 11) is -4.52. The highest BCUT2D eigenvalue weighted by Gasteiger charge is 2.87. The molecule has 218 valence electrons. The largest absolute Gasteiger partial charge is 0.462 e. The molecule has 3 fully saturated rings. The number of hydrogen-bond donors (Lipinski definition) is 3. The molecule has 5 rings (SSSR count). The van der Waals surface area contributed by atoms with E-state index in [1.165, 1.54) is 6.92 Å². The van der Waals surface area contributed by atoms with Crippen LogP contribution in [0.1, 0.15) is 52.3 Å². The number of ether oxygens (including phenoxy) is 2. The number of rotatable bonds is 10. The molecule has 1 aliphatic heterocycles. The Labute approximate surface area is 233 Å². The maximum Gasteiger partial charge on any atom is 0.459 e. The highest BCUT2D eigenvalue weighted by molar-refractivity contribution is 7.52. The first-order chi connectivity index (χ1) is 18.6. The van der Waals surface area contributed by atoms with E-state index in [1.54, 1.807) is 26.0 Å². The Hall–Kier alpha value is -2.54. The fourth-order valence-corrected chi connectivity index (χ4v) is 6.74. The lowest BCUT2D eigenvalue weighted by Crippen LogP contribution is -2.47. The van der Waals surface area contributed by atoms with Crippen LogP contribution in [0.25, 0.3) is 0 Å². The van der Waals surface area contributed by atoms with Gasteiger partial charge >= 0.3 is 19.4 Å². The molecule has 1 saturated heterocycles. The molecule has 2 aromatic rings. The van der Waals surface area contributed by atoms with E-state index in [4.69, 9.17) is 30.1 Å². The van der Waals surface area contributed by atoms with Gasteiger partial charge in [0, 0.05) is 12.3 Å². The number of esters is 1. The van der Waals surface area contributed by atoms with Crippen LogP contribution >= 0.6 is 19.3 Å². The molecule has 0 radical (unpaired) electrons. The van der Waals surface area contributed by atoms with E-state index in [-0.39, 0.29) is 11.2 Å². The van der Waals surface area contributed by atoms with Crippen LogP contribution < -0.4 is 20.9 Å². The van der Waals surface area contributed by atoms with Crippen molar-refractivity contribution in [1.29, 1.82) is 0 Å². The second-order valence-electron chi connectivity index (χ2n) is 10.9. The van der Waals surface area contributed by atoms with Crippen LogP contribution in [-0.4, -0.2) is 55.7 Å². The molecular weight excluding hydrogens is 572 g/mol. The molecule has 2 unspecified atom stereocenters. The molecule has 1 aromatic heterocycles. The van der Waals surface area contributed by atoms with E-state index in [0.717, 1.165) is 30.7 Å². The van der Waals surface area contributed by atoms with Gasteiger partial charge in [-0.3, -0.25) is 23.7 Å². The lowest BCUT2D eigenvalue weighted by Gasteiger charge is -2.30. The van der Waals surface area contributed by atoms with Gasteiger partial charge in [-0.15, -0.1) is 0 Å². The fourth-order valence-electron chi connectivity index (χ4n) is 4.66. The molecule has 2 aliphatic carbocycles. The standard InChI is InChI=1S/C25H30ClFN3O9P/c1-13(2)36-20(32)14(3)29-40(35,38-16-7-5-15(6-8-16)23(4)10-11-23)39-19-18-24(19,34)25(26,27)21(37-18)30-12-9-17(31)28-22(30)33/h5-9,12-14,18-19,21,34H,10-11H2,1-4H3,(H,29,35)(H,28,31,33)/t14-,18+,19?,21+,24-,25-,40?/m0/s1. The molecule has 1 aromatic carbocycles. The number of benzene rings is 1. The number of aromatic nitrogens is 2. The van der Waals surface area contributed by atoms with Gasteiger partial charge in [-0.1, -0.05) is 30.7 Å². The Kier molecular flexibility index (Phi) is 7.08. The third-order valence-corrected chi connectivity index (χ3v) is 9.49. The van der Waals surface area contributed by atoms with Gasteiger partial charge in [0.15, 0.2) is 11.8 Å². The van der Waals surface area contributed by atoms with Crippen LogP contribution in [0.2, 0.25) is 0 Å². The number of halogens is 2. The molecule has 3 N–H and O–H groups in total. The quantitative estimate of drug-likeness (QED) is 0.210. The number of carbonyl (C=O) groups is 1. The Morgan fingerprint density at radius 1 is 1.25 bits per heavy atom. The molecule has 15 heteroatoms. The van der Waals surface area contributed by atoms with E-state index < -0.39 is 66.3 Å². The van der Waals surface area contributed by atoms with Crippen molar-refractivity contribution in [3.63, 3.8) is 0 Å². The second kappa shape index (κ2) is 9.78. The maximum absolute atomic E-state index is 15.8. The molecule has 40 heavy (non-hydrogen) atoms. The van der Waals surface area contributed by atoms with E-state index in [0.29, 0.717) is 4.57 Å². The smallest absolute Gasteiger partial charge is 0.459 e. The molecule has 2 heterocycles. The molecule has 3 aliphatic rings.